The number of methoxy groups -OCH3 is 1. The number of amides is 1. The third-order valence-corrected chi connectivity index (χ3v) is 5.12. The molecule has 0 saturated carbocycles. The van der Waals surface area contributed by atoms with Gasteiger partial charge in [0.2, 0.25) is 11.7 Å². The standard InChI is InChI=1S/C19H17ClN2O3S/c1-11-8-13(10-25-2)15-16(22-14(23)9-20)18(26-19(15)21-11)17(24)12-6-4-3-5-7-12/h3-8H,9-10H2,1-2H3,(H,22,23). The summed E-state index contributed by atoms with van der Waals surface area (Å²) in [5, 5.41) is 3.50. The van der Waals surface area contributed by atoms with Gasteiger partial charge in [-0.1, -0.05) is 30.3 Å². The maximum Gasteiger partial charge on any atom is 0.239 e. The van der Waals surface area contributed by atoms with E-state index in [9.17, 15) is 9.59 Å². The summed E-state index contributed by atoms with van der Waals surface area (Å²) >= 11 is 6.92. The first-order valence-corrected chi connectivity index (χ1v) is 9.27. The first-order chi connectivity index (χ1) is 12.5. The highest BCUT2D eigenvalue weighted by Crippen LogP contribution is 2.39. The SMILES string of the molecule is COCc1cc(C)nc2sc(C(=O)c3ccccc3)c(NC(=O)CCl)c12. The molecule has 2 heterocycles. The van der Waals surface area contributed by atoms with Crippen molar-refractivity contribution in [3.05, 3.63) is 58.1 Å². The van der Waals surface area contributed by atoms with Gasteiger partial charge >= 0.3 is 0 Å². The number of carbonyl (C=O) groups is 2. The van der Waals surface area contributed by atoms with E-state index < -0.39 is 0 Å². The Morgan fingerprint density at radius 1 is 1.27 bits per heavy atom. The van der Waals surface area contributed by atoms with Gasteiger partial charge in [-0.15, -0.1) is 22.9 Å². The van der Waals surface area contributed by atoms with Crippen molar-refractivity contribution in [2.24, 2.45) is 0 Å². The third kappa shape index (κ3) is 3.62. The molecule has 5 nitrogen and oxygen atoms in total. The van der Waals surface area contributed by atoms with Crippen LogP contribution in [0, 0.1) is 6.92 Å². The van der Waals surface area contributed by atoms with Crippen LogP contribution in [-0.2, 0) is 16.1 Å². The van der Waals surface area contributed by atoms with Crippen LogP contribution >= 0.6 is 22.9 Å². The number of nitrogens with one attached hydrogen (secondary N) is 1. The number of aryl methyl sites for hydroxylation is 1. The molecule has 134 valence electrons. The van der Waals surface area contributed by atoms with Crippen molar-refractivity contribution in [2.75, 3.05) is 18.3 Å². The van der Waals surface area contributed by atoms with Gasteiger partial charge < -0.3 is 10.1 Å². The summed E-state index contributed by atoms with van der Waals surface area (Å²) in [6, 6.07) is 10.8. The van der Waals surface area contributed by atoms with Crippen LogP contribution in [0.2, 0.25) is 0 Å². The van der Waals surface area contributed by atoms with E-state index in [1.54, 1.807) is 31.4 Å². The van der Waals surface area contributed by atoms with E-state index in [4.69, 9.17) is 16.3 Å². The van der Waals surface area contributed by atoms with Crippen LogP contribution in [0.4, 0.5) is 5.69 Å². The van der Waals surface area contributed by atoms with E-state index in [-0.39, 0.29) is 17.6 Å². The van der Waals surface area contributed by atoms with Gasteiger partial charge in [0.05, 0.1) is 12.3 Å². The van der Waals surface area contributed by atoms with Crippen molar-refractivity contribution in [1.29, 1.82) is 0 Å². The molecule has 0 spiro atoms. The van der Waals surface area contributed by atoms with Crippen molar-refractivity contribution in [3.8, 4) is 0 Å². The van der Waals surface area contributed by atoms with Crippen molar-refractivity contribution >= 4 is 50.5 Å². The van der Waals surface area contributed by atoms with Crippen molar-refractivity contribution < 1.29 is 14.3 Å². The van der Waals surface area contributed by atoms with Gasteiger partial charge in [-0.05, 0) is 18.6 Å². The summed E-state index contributed by atoms with van der Waals surface area (Å²) in [4.78, 5) is 30.6. The van der Waals surface area contributed by atoms with Gasteiger partial charge in [0, 0.05) is 23.8 Å². The Bertz CT molecular complexity index is 970. The maximum atomic E-state index is 13.0. The number of hydrogen-bond donors (Lipinski definition) is 1. The molecule has 26 heavy (non-hydrogen) atoms. The molecule has 0 aliphatic rings. The van der Waals surface area contributed by atoms with Gasteiger partial charge in [-0.25, -0.2) is 4.98 Å². The number of aromatic nitrogens is 1. The predicted molar refractivity (Wildman–Crippen MR) is 104 cm³/mol. The van der Waals surface area contributed by atoms with Crippen molar-refractivity contribution in [2.45, 2.75) is 13.5 Å². The summed E-state index contributed by atoms with van der Waals surface area (Å²) in [6.07, 6.45) is 0. The van der Waals surface area contributed by atoms with Gasteiger partial charge in [-0.3, -0.25) is 9.59 Å². The lowest BCUT2D eigenvalue weighted by Crippen LogP contribution is -2.15. The lowest BCUT2D eigenvalue weighted by molar-refractivity contribution is -0.113. The van der Waals surface area contributed by atoms with Crippen molar-refractivity contribution in [1.82, 2.24) is 4.98 Å². The van der Waals surface area contributed by atoms with Gasteiger partial charge in [-0.2, -0.15) is 0 Å². The van der Waals surface area contributed by atoms with Crippen LogP contribution < -0.4 is 5.32 Å². The second-order valence-electron chi connectivity index (χ2n) is 5.72. The Morgan fingerprint density at radius 3 is 2.65 bits per heavy atom. The fraction of sp³-hybridized carbons (Fsp3) is 0.211. The summed E-state index contributed by atoms with van der Waals surface area (Å²) in [7, 11) is 1.60. The molecule has 0 fully saturated rings. The summed E-state index contributed by atoms with van der Waals surface area (Å²) in [5.74, 6) is -0.744. The molecule has 0 aliphatic heterocycles. The molecule has 0 bridgehead atoms. The number of pyridine rings is 1. The highest BCUT2D eigenvalue weighted by atomic mass is 35.5. The molecule has 1 amide bonds. The first kappa shape index (κ1) is 18.5. The molecule has 2 aromatic heterocycles. The monoisotopic (exact) mass is 388 g/mol. The molecule has 7 heteroatoms. The number of rotatable bonds is 6. The van der Waals surface area contributed by atoms with E-state index in [2.05, 4.69) is 10.3 Å². The Labute approximate surface area is 160 Å². The van der Waals surface area contributed by atoms with Crippen LogP contribution in [0.1, 0.15) is 26.5 Å². The Hall–Kier alpha value is -2.28. The number of ketones is 1. The lowest BCUT2D eigenvalue weighted by atomic mass is 10.1. The number of thiophene rings is 1. The number of ether oxygens (including phenoxy) is 1. The molecule has 1 N–H and O–H groups in total. The summed E-state index contributed by atoms with van der Waals surface area (Å²) in [5.41, 5.74) is 2.68. The van der Waals surface area contributed by atoms with Crippen LogP contribution in [0.3, 0.4) is 0 Å². The molecule has 0 atom stereocenters. The Balaban J connectivity index is 2.24. The Morgan fingerprint density at radius 2 is 2.00 bits per heavy atom. The smallest absolute Gasteiger partial charge is 0.239 e. The number of halogens is 1. The molecule has 3 aromatic rings. The largest absolute Gasteiger partial charge is 0.380 e. The normalized spacial score (nSPS) is 10.9. The molecule has 0 aliphatic carbocycles. The zero-order chi connectivity index (χ0) is 18.7. The first-order valence-electron chi connectivity index (χ1n) is 7.92. The molecule has 1 aromatic carbocycles. The topological polar surface area (TPSA) is 68.3 Å². The second kappa shape index (κ2) is 7.95. The van der Waals surface area contributed by atoms with E-state index in [1.165, 1.54) is 11.3 Å². The van der Waals surface area contributed by atoms with Gasteiger partial charge in [0.15, 0.2) is 0 Å². The molecule has 0 unspecified atom stereocenters. The quantitative estimate of drug-likeness (QED) is 0.508. The molecule has 0 saturated heterocycles. The molecular weight excluding hydrogens is 372 g/mol. The molecule has 3 rings (SSSR count). The number of alkyl halides is 1. The summed E-state index contributed by atoms with van der Waals surface area (Å²) < 4.78 is 5.28. The minimum atomic E-state index is -0.377. The van der Waals surface area contributed by atoms with Crippen LogP contribution in [0.25, 0.3) is 10.2 Å². The number of carbonyl (C=O) groups excluding carboxylic acids is 2. The maximum absolute atomic E-state index is 13.0. The number of nitrogens with zero attached hydrogens (tertiary/aromatic N) is 1. The van der Waals surface area contributed by atoms with Gasteiger partial charge in [0.1, 0.15) is 15.6 Å². The molecule has 0 radical (unpaired) electrons. The number of anilines is 1. The minimum absolute atomic E-state index is 0.167. The Kier molecular flexibility index (Phi) is 5.66. The van der Waals surface area contributed by atoms with Crippen LogP contribution in [-0.4, -0.2) is 29.7 Å². The number of hydrogen-bond acceptors (Lipinski definition) is 5. The van der Waals surface area contributed by atoms with Crippen molar-refractivity contribution in [3.63, 3.8) is 0 Å². The van der Waals surface area contributed by atoms with E-state index in [0.29, 0.717) is 27.6 Å². The zero-order valence-electron chi connectivity index (χ0n) is 14.3. The number of benzene rings is 1. The van der Waals surface area contributed by atoms with E-state index in [0.717, 1.165) is 16.6 Å². The second-order valence-corrected chi connectivity index (χ2v) is 6.99. The predicted octanol–water partition coefficient (Wildman–Crippen LogP) is 4.16. The highest BCUT2D eigenvalue weighted by molar-refractivity contribution is 7.21. The average Bonchev–Trinajstić information content (AvgIpc) is 3.00. The minimum Gasteiger partial charge on any atom is -0.380 e. The zero-order valence-corrected chi connectivity index (χ0v) is 15.9. The molecular formula is C19H17ClN2O3S. The fourth-order valence-electron chi connectivity index (χ4n) is 2.75. The average molecular weight is 389 g/mol. The highest BCUT2D eigenvalue weighted by Gasteiger charge is 2.24. The van der Waals surface area contributed by atoms with E-state index >= 15 is 0 Å². The summed E-state index contributed by atoms with van der Waals surface area (Å²) in [6.45, 7) is 2.23. The third-order valence-electron chi connectivity index (χ3n) is 3.80. The van der Waals surface area contributed by atoms with Gasteiger partial charge in [0.25, 0.3) is 0 Å². The van der Waals surface area contributed by atoms with E-state index in [1.807, 2.05) is 19.1 Å². The van der Waals surface area contributed by atoms with Crippen LogP contribution in [0.5, 0.6) is 0 Å². The fourth-order valence-corrected chi connectivity index (χ4v) is 4.01. The lowest BCUT2D eigenvalue weighted by Gasteiger charge is -2.09. The number of fused-ring (bicyclic) bond motifs is 1. The van der Waals surface area contributed by atoms with Crippen LogP contribution in [0.15, 0.2) is 36.4 Å².